The summed E-state index contributed by atoms with van der Waals surface area (Å²) in [7, 11) is 0. The molecule has 1 aliphatic heterocycles. The second-order valence-corrected chi connectivity index (χ2v) is 7.20. The van der Waals surface area contributed by atoms with E-state index in [2.05, 4.69) is 35.2 Å². The second-order valence-electron chi connectivity index (χ2n) is 6.06. The van der Waals surface area contributed by atoms with Gasteiger partial charge in [-0.05, 0) is 58.4 Å². The van der Waals surface area contributed by atoms with Crippen molar-refractivity contribution in [2.75, 3.05) is 25.9 Å². The SMILES string of the molecule is CSC1CCCN(C(C)CNC2CCCC2)CC1. The highest BCUT2D eigenvalue weighted by atomic mass is 32.2. The van der Waals surface area contributed by atoms with Crippen LogP contribution in [0.1, 0.15) is 51.9 Å². The molecular formula is C15H30N2S. The highest BCUT2D eigenvalue weighted by Gasteiger charge is 2.21. The van der Waals surface area contributed by atoms with E-state index in [9.17, 15) is 0 Å². The van der Waals surface area contributed by atoms with Gasteiger partial charge in [0.25, 0.3) is 0 Å². The van der Waals surface area contributed by atoms with Crippen LogP contribution < -0.4 is 5.32 Å². The highest BCUT2D eigenvalue weighted by molar-refractivity contribution is 7.99. The van der Waals surface area contributed by atoms with E-state index in [0.717, 1.165) is 11.3 Å². The first-order valence-electron chi connectivity index (χ1n) is 7.80. The molecule has 1 saturated carbocycles. The van der Waals surface area contributed by atoms with Gasteiger partial charge in [-0.1, -0.05) is 12.8 Å². The van der Waals surface area contributed by atoms with Crippen molar-refractivity contribution in [3.8, 4) is 0 Å². The van der Waals surface area contributed by atoms with Crippen molar-refractivity contribution in [3.63, 3.8) is 0 Å². The van der Waals surface area contributed by atoms with Gasteiger partial charge in [0.1, 0.15) is 0 Å². The molecule has 0 aromatic carbocycles. The first-order valence-corrected chi connectivity index (χ1v) is 9.08. The lowest BCUT2D eigenvalue weighted by atomic mass is 10.2. The minimum atomic E-state index is 0.714. The Hall–Kier alpha value is 0.270. The van der Waals surface area contributed by atoms with Crippen LogP contribution in [0.15, 0.2) is 0 Å². The van der Waals surface area contributed by atoms with Gasteiger partial charge in [0.15, 0.2) is 0 Å². The van der Waals surface area contributed by atoms with E-state index in [1.165, 1.54) is 64.6 Å². The summed E-state index contributed by atoms with van der Waals surface area (Å²) in [6, 6.07) is 1.53. The Bertz CT molecular complexity index is 229. The van der Waals surface area contributed by atoms with E-state index in [4.69, 9.17) is 0 Å². The van der Waals surface area contributed by atoms with E-state index in [1.807, 2.05) is 0 Å². The van der Waals surface area contributed by atoms with Crippen LogP contribution in [0.25, 0.3) is 0 Å². The second kappa shape index (κ2) is 7.76. The van der Waals surface area contributed by atoms with Gasteiger partial charge in [0.2, 0.25) is 0 Å². The molecule has 0 amide bonds. The molecular weight excluding hydrogens is 240 g/mol. The largest absolute Gasteiger partial charge is 0.312 e. The summed E-state index contributed by atoms with van der Waals surface area (Å²) in [6.07, 6.45) is 12.1. The predicted octanol–water partition coefficient (Wildman–Crippen LogP) is 3.12. The molecule has 0 aromatic heterocycles. The molecule has 18 heavy (non-hydrogen) atoms. The van der Waals surface area contributed by atoms with Crippen molar-refractivity contribution in [1.29, 1.82) is 0 Å². The molecule has 2 rings (SSSR count). The van der Waals surface area contributed by atoms with Crippen LogP contribution in [0.5, 0.6) is 0 Å². The van der Waals surface area contributed by atoms with Crippen LogP contribution in [0.2, 0.25) is 0 Å². The molecule has 2 fully saturated rings. The molecule has 0 aromatic rings. The molecule has 2 atom stereocenters. The quantitative estimate of drug-likeness (QED) is 0.826. The standard InChI is InChI=1S/C15H30N2S/c1-13(12-16-14-6-3-4-7-14)17-10-5-8-15(18-2)9-11-17/h13-16H,3-12H2,1-2H3. The molecule has 0 spiro atoms. The highest BCUT2D eigenvalue weighted by Crippen LogP contribution is 2.22. The molecule has 1 aliphatic carbocycles. The zero-order valence-electron chi connectivity index (χ0n) is 12.2. The Labute approximate surface area is 117 Å². The normalized spacial score (nSPS) is 29.3. The van der Waals surface area contributed by atoms with Crippen molar-refractivity contribution < 1.29 is 0 Å². The monoisotopic (exact) mass is 270 g/mol. The molecule has 2 nitrogen and oxygen atoms in total. The maximum absolute atomic E-state index is 3.78. The maximum Gasteiger partial charge on any atom is 0.0192 e. The van der Waals surface area contributed by atoms with Crippen molar-refractivity contribution >= 4 is 11.8 Å². The Kier molecular flexibility index (Phi) is 6.33. The minimum absolute atomic E-state index is 0.714. The van der Waals surface area contributed by atoms with Crippen LogP contribution in [-0.4, -0.2) is 48.1 Å². The van der Waals surface area contributed by atoms with Crippen molar-refractivity contribution in [2.24, 2.45) is 0 Å². The van der Waals surface area contributed by atoms with Crippen LogP contribution in [0, 0.1) is 0 Å². The fraction of sp³-hybridized carbons (Fsp3) is 1.00. The molecule has 0 radical (unpaired) electrons. The van der Waals surface area contributed by atoms with Crippen LogP contribution in [-0.2, 0) is 0 Å². The lowest BCUT2D eigenvalue weighted by Crippen LogP contribution is -2.43. The average molecular weight is 270 g/mol. The van der Waals surface area contributed by atoms with Crippen molar-refractivity contribution in [3.05, 3.63) is 0 Å². The summed E-state index contributed by atoms with van der Waals surface area (Å²) in [5.41, 5.74) is 0. The smallest absolute Gasteiger partial charge is 0.0192 e. The summed E-state index contributed by atoms with van der Waals surface area (Å²) < 4.78 is 0. The number of likely N-dealkylation sites (tertiary alicyclic amines) is 1. The Morgan fingerprint density at radius 3 is 2.61 bits per heavy atom. The fourth-order valence-electron chi connectivity index (χ4n) is 3.36. The van der Waals surface area contributed by atoms with Crippen molar-refractivity contribution in [2.45, 2.75) is 69.2 Å². The topological polar surface area (TPSA) is 15.3 Å². The summed E-state index contributed by atoms with van der Waals surface area (Å²) in [4.78, 5) is 2.71. The number of hydrogen-bond acceptors (Lipinski definition) is 3. The molecule has 2 aliphatic rings. The van der Waals surface area contributed by atoms with E-state index >= 15 is 0 Å². The van der Waals surface area contributed by atoms with Gasteiger partial charge in [-0.2, -0.15) is 11.8 Å². The first-order chi connectivity index (χ1) is 8.79. The predicted molar refractivity (Wildman–Crippen MR) is 82.4 cm³/mol. The molecule has 106 valence electrons. The number of nitrogens with one attached hydrogen (secondary N) is 1. The summed E-state index contributed by atoms with van der Waals surface area (Å²) in [5.74, 6) is 0. The minimum Gasteiger partial charge on any atom is -0.312 e. The number of nitrogens with zero attached hydrogens (tertiary/aromatic N) is 1. The van der Waals surface area contributed by atoms with Gasteiger partial charge >= 0.3 is 0 Å². The third-order valence-electron chi connectivity index (χ3n) is 4.72. The van der Waals surface area contributed by atoms with Gasteiger partial charge in [0, 0.05) is 23.9 Å². The third-order valence-corrected chi connectivity index (χ3v) is 5.86. The summed E-state index contributed by atoms with van der Waals surface area (Å²) >= 11 is 2.06. The number of hydrogen-bond donors (Lipinski definition) is 1. The number of rotatable bonds is 5. The molecule has 2 unspecified atom stereocenters. The van der Waals surface area contributed by atoms with Gasteiger partial charge in [-0.15, -0.1) is 0 Å². The third kappa shape index (κ3) is 4.43. The van der Waals surface area contributed by atoms with E-state index in [1.54, 1.807) is 0 Å². The molecule has 1 N–H and O–H groups in total. The number of thioether (sulfide) groups is 1. The molecule has 3 heteroatoms. The fourth-order valence-corrected chi connectivity index (χ4v) is 4.10. The first kappa shape index (κ1) is 14.7. The van der Waals surface area contributed by atoms with Gasteiger partial charge < -0.3 is 5.32 Å². The van der Waals surface area contributed by atoms with E-state index < -0.39 is 0 Å². The Morgan fingerprint density at radius 1 is 1.11 bits per heavy atom. The summed E-state index contributed by atoms with van der Waals surface area (Å²) in [6.45, 7) is 6.21. The van der Waals surface area contributed by atoms with E-state index in [-0.39, 0.29) is 0 Å². The van der Waals surface area contributed by atoms with Gasteiger partial charge in [0.05, 0.1) is 0 Å². The lowest BCUT2D eigenvalue weighted by molar-refractivity contribution is 0.208. The lowest BCUT2D eigenvalue weighted by Gasteiger charge is -2.29. The Morgan fingerprint density at radius 2 is 1.89 bits per heavy atom. The van der Waals surface area contributed by atoms with Gasteiger partial charge in [-0.3, -0.25) is 4.90 Å². The van der Waals surface area contributed by atoms with Crippen LogP contribution >= 0.6 is 11.8 Å². The van der Waals surface area contributed by atoms with Crippen LogP contribution in [0.3, 0.4) is 0 Å². The maximum atomic E-state index is 3.78. The van der Waals surface area contributed by atoms with Crippen LogP contribution in [0.4, 0.5) is 0 Å². The zero-order chi connectivity index (χ0) is 12.8. The molecule has 1 saturated heterocycles. The average Bonchev–Trinajstić information content (AvgIpc) is 2.79. The van der Waals surface area contributed by atoms with Gasteiger partial charge in [-0.25, -0.2) is 0 Å². The molecule has 0 bridgehead atoms. The Balaban J connectivity index is 1.69. The van der Waals surface area contributed by atoms with Crippen molar-refractivity contribution in [1.82, 2.24) is 10.2 Å². The van der Waals surface area contributed by atoms with E-state index in [0.29, 0.717) is 6.04 Å². The summed E-state index contributed by atoms with van der Waals surface area (Å²) in [5, 5.41) is 4.68. The zero-order valence-corrected chi connectivity index (χ0v) is 13.0. The molecule has 1 heterocycles.